The van der Waals surface area contributed by atoms with Crippen LogP contribution in [0.3, 0.4) is 0 Å². The van der Waals surface area contributed by atoms with E-state index in [0.717, 1.165) is 15.8 Å². The first-order valence-corrected chi connectivity index (χ1v) is 8.03. The zero-order chi connectivity index (χ0) is 18.3. The van der Waals surface area contributed by atoms with Gasteiger partial charge in [-0.1, -0.05) is 12.1 Å². The van der Waals surface area contributed by atoms with Crippen LogP contribution >= 0.6 is 0 Å². The van der Waals surface area contributed by atoms with Crippen molar-refractivity contribution < 1.29 is 13.6 Å². The summed E-state index contributed by atoms with van der Waals surface area (Å²) in [5.74, 6) is -0.695. The van der Waals surface area contributed by atoms with Gasteiger partial charge in [0.1, 0.15) is 23.7 Å². The fraction of sp³-hybridized carbons (Fsp3) is 0.167. The number of fused-ring (bicyclic) bond motifs is 3. The number of aromatic nitrogens is 3. The molecule has 1 amide bonds. The van der Waals surface area contributed by atoms with Crippen LogP contribution in [0.1, 0.15) is 18.5 Å². The minimum absolute atomic E-state index is 0.235. The smallest absolute Gasteiger partial charge is 0.291 e. The second-order valence-electron chi connectivity index (χ2n) is 5.97. The Morgan fingerprint density at radius 1 is 1.27 bits per heavy atom. The highest BCUT2D eigenvalue weighted by Gasteiger charge is 2.19. The summed E-state index contributed by atoms with van der Waals surface area (Å²) < 4.78 is 21.0. The predicted molar refractivity (Wildman–Crippen MR) is 92.2 cm³/mol. The summed E-state index contributed by atoms with van der Waals surface area (Å²) in [6.07, 6.45) is 3.02. The highest BCUT2D eigenvalue weighted by atomic mass is 19.1. The second-order valence-corrected chi connectivity index (χ2v) is 5.97. The number of nitrogens with one attached hydrogen (secondary N) is 1. The topological polar surface area (TPSA) is 81.5 Å². The van der Waals surface area contributed by atoms with E-state index in [2.05, 4.69) is 10.4 Å². The molecule has 0 bridgehead atoms. The molecule has 8 heteroatoms. The van der Waals surface area contributed by atoms with Crippen molar-refractivity contribution >= 4 is 22.5 Å². The minimum atomic E-state index is -0.797. The number of halogens is 1. The first kappa shape index (κ1) is 16.1. The SMILES string of the molecule is C[C@@H](C(=O)NCc1ccc(F)cc1)n1ncn2c(cc3occc32)c1=O. The van der Waals surface area contributed by atoms with Crippen LogP contribution in [0.25, 0.3) is 16.6 Å². The maximum atomic E-state index is 12.9. The van der Waals surface area contributed by atoms with Gasteiger partial charge < -0.3 is 9.73 Å². The summed E-state index contributed by atoms with van der Waals surface area (Å²) in [5, 5.41) is 6.84. The Morgan fingerprint density at radius 2 is 2.04 bits per heavy atom. The third kappa shape index (κ3) is 2.65. The van der Waals surface area contributed by atoms with Crippen molar-refractivity contribution in [3.05, 3.63) is 70.7 Å². The molecule has 0 radical (unpaired) electrons. The quantitative estimate of drug-likeness (QED) is 0.609. The van der Waals surface area contributed by atoms with E-state index in [9.17, 15) is 14.0 Å². The predicted octanol–water partition coefficient (Wildman–Crippen LogP) is 2.26. The van der Waals surface area contributed by atoms with Gasteiger partial charge in [0.25, 0.3) is 5.56 Å². The molecular formula is C18H15FN4O3. The molecule has 26 heavy (non-hydrogen) atoms. The Morgan fingerprint density at radius 3 is 2.81 bits per heavy atom. The molecule has 0 spiro atoms. The van der Waals surface area contributed by atoms with E-state index in [1.54, 1.807) is 35.6 Å². The summed E-state index contributed by atoms with van der Waals surface area (Å²) in [6.45, 7) is 1.83. The number of amides is 1. The highest BCUT2D eigenvalue weighted by Crippen LogP contribution is 2.18. The lowest BCUT2D eigenvalue weighted by molar-refractivity contribution is -0.124. The van der Waals surface area contributed by atoms with E-state index >= 15 is 0 Å². The lowest BCUT2D eigenvalue weighted by Crippen LogP contribution is -2.37. The molecule has 7 nitrogen and oxygen atoms in total. The Labute approximate surface area is 146 Å². The van der Waals surface area contributed by atoms with E-state index in [-0.39, 0.29) is 23.8 Å². The van der Waals surface area contributed by atoms with Crippen LogP contribution in [0, 0.1) is 5.82 Å². The molecule has 1 aromatic carbocycles. The molecule has 1 atom stereocenters. The zero-order valence-corrected chi connectivity index (χ0v) is 13.8. The van der Waals surface area contributed by atoms with Gasteiger partial charge in [-0.2, -0.15) is 5.10 Å². The van der Waals surface area contributed by atoms with Gasteiger partial charge in [-0.15, -0.1) is 0 Å². The van der Waals surface area contributed by atoms with Crippen molar-refractivity contribution in [1.82, 2.24) is 19.5 Å². The Bertz CT molecular complexity index is 1160. The van der Waals surface area contributed by atoms with E-state index in [1.807, 2.05) is 0 Å². The van der Waals surface area contributed by atoms with Crippen molar-refractivity contribution in [1.29, 1.82) is 0 Å². The average molecular weight is 354 g/mol. The fourth-order valence-corrected chi connectivity index (χ4v) is 2.84. The summed E-state index contributed by atoms with van der Waals surface area (Å²) in [4.78, 5) is 25.1. The second kappa shape index (κ2) is 6.14. The van der Waals surface area contributed by atoms with E-state index in [4.69, 9.17) is 4.42 Å². The average Bonchev–Trinajstić information content (AvgIpc) is 3.23. The zero-order valence-electron chi connectivity index (χ0n) is 13.8. The van der Waals surface area contributed by atoms with Gasteiger partial charge >= 0.3 is 0 Å². The normalized spacial score (nSPS) is 12.5. The van der Waals surface area contributed by atoms with Crippen molar-refractivity contribution in [2.24, 2.45) is 0 Å². The third-order valence-corrected chi connectivity index (χ3v) is 4.31. The van der Waals surface area contributed by atoms with Gasteiger partial charge in [-0.3, -0.25) is 14.0 Å². The highest BCUT2D eigenvalue weighted by molar-refractivity contribution is 5.82. The van der Waals surface area contributed by atoms with Crippen molar-refractivity contribution in [3.8, 4) is 0 Å². The summed E-state index contributed by atoms with van der Waals surface area (Å²) in [6, 6.07) is 8.40. The third-order valence-electron chi connectivity index (χ3n) is 4.31. The van der Waals surface area contributed by atoms with Crippen LogP contribution in [0.15, 0.2) is 58.2 Å². The van der Waals surface area contributed by atoms with Crippen LogP contribution in [-0.2, 0) is 11.3 Å². The molecule has 0 aliphatic rings. The maximum absolute atomic E-state index is 12.9. The molecule has 4 rings (SSSR count). The molecule has 0 saturated carbocycles. The number of nitrogens with zero attached hydrogens (tertiary/aromatic N) is 3. The van der Waals surface area contributed by atoms with Gasteiger partial charge in [-0.05, 0) is 24.6 Å². The number of rotatable bonds is 4. The van der Waals surface area contributed by atoms with Crippen LogP contribution in [0.5, 0.6) is 0 Å². The van der Waals surface area contributed by atoms with Crippen LogP contribution in [0.4, 0.5) is 4.39 Å². The van der Waals surface area contributed by atoms with Gasteiger partial charge in [0.2, 0.25) is 5.91 Å². The van der Waals surface area contributed by atoms with Crippen molar-refractivity contribution in [3.63, 3.8) is 0 Å². The number of hydrogen-bond acceptors (Lipinski definition) is 4. The Hall–Kier alpha value is -3.42. The minimum Gasteiger partial charge on any atom is -0.463 e. The van der Waals surface area contributed by atoms with Crippen molar-refractivity contribution in [2.75, 3.05) is 0 Å². The lowest BCUT2D eigenvalue weighted by atomic mass is 10.2. The van der Waals surface area contributed by atoms with Crippen molar-refractivity contribution in [2.45, 2.75) is 19.5 Å². The molecule has 3 aromatic heterocycles. The standard InChI is InChI=1S/C18H15FN4O3/c1-11(17(24)20-9-12-2-4-13(19)5-3-12)23-18(25)15-8-16-14(6-7-26-16)22(15)10-21-23/h2-8,10-11H,9H2,1H3,(H,20,24)/t11-/m0/s1. The molecular weight excluding hydrogens is 339 g/mol. The molecule has 0 saturated heterocycles. The molecule has 1 N–H and O–H groups in total. The van der Waals surface area contributed by atoms with Crippen LogP contribution in [0.2, 0.25) is 0 Å². The Balaban J connectivity index is 1.57. The molecule has 4 aromatic rings. The van der Waals surface area contributed by atoms with E-state index in [1.165, 1.54) is 24.7 Å². The van der Waals surface area contributed by atoms with E-state index in [0.29, 0.717) is 11.1 Å². The summed E-state index contributed by atoms with van der Waals surface area (Å²) in [5.41, 5.74) is 2.07. The molecule has 0 aliphatic heterocycles. The molecule has 0 aliphatic carbocycles. The van der Waals surface area contributed by atoms with Gasteiger partial charge in [0.15, 0.2) is 5.58 Å². The fourth-order valence-electron chi connectivity index (χ4n) is 2.84. The van der Waals surface area contributed by atoms with Gasteiger partial charge in [0, 0.05) is 18.7 Å². The van der Waals surface area contributed by atoms with E-state index < -0.39 is 6.04 Å². The molecule has 3 heterocycles. The van der Waals surface area contributed by atoms with Crippen LogP contribution < -0.4 is 10.9 Å². The Kier molecular flexibility index (Phi) is 3.80. The van der Waals surface area contributed by atoms with Crippen LogP contribution in [-0.4, -0.2) is 20.1 Å². The summed E-state index contributed by atoms with van der Waals surface area (Å²) >= 11 is 0. The number of hydrogen-bond donors (Lipinski definition) is 1. The maximum Gasteiger partial charge on any atom is 0.291 e. The number of furan rings is 1. The molecule has 0 fully saturated rings. The molecule has 0 unspecified atom stereocenters. The van der Waals surface area contributed by atoms with Gasteiger partial charge in [-0.25, -0.2) is 9.07 Å². The number of carbonyl (C=O) groups excluding carboxylic acids is 1. The number of benzene rings is 1. The largest absolute Gasteiger partial charge is 0.463 e. The van der Waals surface area contributed by atoms with Gasteiger partial charge in [0.05, 0.1) is 11.8 Å². The first-order chi connectivity index (χ1) is 12.5. The first-order valence-electron chi connectivity index (χ1n) is 8.03. The monoisotopic (exact) mass is 354 g/mol. The lowest BCUT2D eigenvalue weighted by Gasteiger charge is -2.14. The number of carbonyl (C=O) groups is 1. The summed E-state index contributed by atoms with van der Waals surface area (Å²) in [7, 11) is 0. The molecule has 132 valence electrons.